The maximum Gasteiger partial charge on any atom is 0.267 e. The molecule has 0 aliphatic heterocycles. The van der Waals surface area contributed by atoms with E-state index in [1.54, 1.807) is 13.8 Å². The molecule has 1 aromatic carbocycles. The van der Waals surface area contributed by atoms with Gasteiger partial charge in [0.1, 0.15) is 0 Å². The highest BCUT2D eigenvalue weighted by Gasteiger charge is 2.41. The summed E-state index contributed by atoms with van der Waals surface area (Å²) in [4.78, 5) is 0. The van der Waals surface area contributed by atoms with Crippen molar-refractivity contribution in [3.63, 3.8) is 0 Å². The molecule has 0 amide bonds. The quantitative estimate of drug-likeness (QED) is 0.504. The third kappa shape index (κ3) is 7.02. The number of hydrogen-bond donors (Lipinski definition) is 1. The maximum atomic E-state index is 12.2. The van der Waals surface area contributed by atoms with Crippen molar-refractivity contribution in [2.75, 3.05) is 24.7 Å². The van der Waals surface area contributed by atoms with Crippen LogP contribution in [0.25, 0.3) is 0 Å². The summed E-state index contributed by atoms with van der Waals surface area (Å²) in [5, 5.41) is 10.8. The van der Waals surface area contributed by atoms with Gasteiger partial charge in [0.2, 0.25) is 0 Å². The maximum absolute atomic E-state index is 12.2. The van der Waals surface area contributed by atoms with Crippen LogP contribution >= 0.6 is 0 Å². The molecule has 1 aliphatic carbocycles. The average molecular weight is 463 g/mol. The fraction of sp³-hybridized carbons (Fsp3) is 0.714. The van der Waals surface area contributed by atoms with Crippen molar-refractivity contribution in [2.24, 2.45) is 11.8 Å². The van der Waals surface area contributed by atoms with Crippen LogP contribution < -0.4 is 0 Å². The summed E-state index contributed by atoms with van der Waals surface area (Å²) in [6, 6.07) is 7.66. The first-order valence-corrected chi connectivity index (χ1v) is 13.7. The molecule has 7 nitrogen and oxygen atoms in total. The van der Waals surface area contributed by atoms with Gasteiger partial charge in [0.15, 0.2) is 0 Å². The van der Waals surface area contributed by atoms with Crippen molar-refractivity contribution in [3.05, 3.63) is 35.4 Å². The Hall–Kier alpha value is -1.00. The molecule has 172 valence electrons. The lowest BCUT2D eigenvalue weighted by atomic mass is 9.67. The third-order valence-electron chi connectivity index (χ3n) is 5.67. The number of aliphatic hydroxyl groups is 1. The van der Waals surface area contributed by atoms with Crippen LogP contribution in [0.15, 0.2) is 24.3 Å². The Bertz CT molecular complexity index is 880. The first kappa shape index (κ1) is 25.3. The molecule has 2 rings (SSSR count). The van der Waals surface area contributed by atoms with Gasteiger partial charge in [-0.05, 0) is 55.6 Å². The molecule has 1 fully saturated rings. The smallest absolute Gasteiger partial charge is 0.267 e. The van der Waals surface area contributed by atoms with Crippen molar-refractivity contribution >= 4 is 20.2 Å². The fourth-order valence-electron chi connectivity index (χ4n) is 4.19. The summed E-state index contributed by atoms with van der Waals surface area (Å²) in [5.41, 5.74) is 1.91. The molecule has 0 aromatic heterocycles. The lowest BCUT2D eigenvalue weighted by Gasteiger charge is -2.41. The van der Waals surface area contributed by atoms with Gasteiger partial charge in [-0.2, -0.15) is 16.8 Å². The molecule has 1 N–H and O–H groups in total. The molecule has 1 aromatic rings. The van der Waals surface area contributed by atoms with Crippen molar-refractivity contribution in [1.29, 1.82) is 0 Å². The van der Waals surface area contributed by atoms with Crippen molar-refractivity contribution in [2.45, 2.75) is 58.5 Å². The summed E-state index contributed by atoms with van der Waals surface area (Å²) >= 11 is 0. The van der Waals surface area contributed by atoms with Crippen LogP contribution in [0.4, 0.5) is 0 Å². The highest BCUT2D eigenvalue weighted by molar-refractivity contribution is 7.86. The van der Waals surface area contributed by atoms with E-state index in [2.05, 4.69) is 0 Å². The zero-order chi connectivity index (χ0) is 22.4. The van der Waals surface area contributed by atoms with Crippen LogP contribution in [-0.4, -0.2) is 52.8 Å². The van der Waals surface area contributed by atoms with E-state index in [9.17, 15) is 21.9 Å². The minimum absolute atomic E-state index is 0.0424. The van der Waals surface area contributed by atoms with Gasteiger partial charge in [0.05, 0.1) is 30.8 Å². The molecule has 0 saturated heterocycles. The normalized spacial score (nSPS) is 25.3. The molecule has 1 unspecified atom stereocenters. The van der Waals surface area contributed by atoms with E-state index in [4.69, 9.17) is 8.37 Å². The summed E-state index contributed by atoms with van der Waals surface area (Å²) < 4.78 is 59.0. The first-order chi connectivity index (χ1) is 14.1. The van der Waals surface area contributed by atoms with Crippen LogP contribution in [0, 0.1) is 18.8 Å². The zero-order valence-corrected chi connectivity index (χ0v) is 19.6. The zero-order valence-electron chi connectivity index (χ0n) is 18.0. The monoisotopic (exact) mass is 462 g/mol. The van der Waals surface area contributed by atoms with Gasteiger partial charge in [-0.3, -0.25) is 8.37 Å². The minimum atomic E-state index is -3.68. The Morgan fingerprint density at radius 1 is 0.933 bits per heavy atom. The second-order valence-corrected chi connectivity index (χ2v) is 11.6. The van der Waals surface area contributed by atoms with E-state index < -0.39 is 32.3 Å². The van der Waals surface area contributed by atoms with E-state index in [0.29, 0.717) is 25.7 Å². The van der Waals surface area contributed by atoms with E-state index in [1.807, 2.05) is 31.2 Å². The van der Waals surface area contributed by atoms with Crippen molar-refractivity contribution < 1.29 is 30.3 Å². The van der Waals surface area contributed by atoms with Crippen LogP contribution in [0.2, 0.25) is 0 Å². The highest BCUT2D eigenvalue weighted by Crippen LogP contribution is 2.43. The van der Waals surface area contributed by atoms with E-state index >= 15 is 0 Å². The van der Waals surface area contributed by atoms with Gasteiger partial charge in [-0.1, -0.05) is 38.1 Å². The molecule has 1 aliphatic rings. The highest BCUT2D eigenvalue weighted by atomic mass is 32.2. The Morgan fingerprint density at radius 3 is 2.07 bits per heavy atom. The predicted octanol–water partition coefficient (Wildman–Crippen LogP) is 2.98. The van der Waals surface area contributed by atoms with Crippen LogP contribution in [0.3, 0.4) is 0 Å². The Labute approximate surface area is 181 Å². The van der Waals surface area contributed by atoms with Gasteiger partial charge < -0.3 is 5.11 Å². The Kier molecular flexibility index (Phi) is 9.30. The van der Waals surface area contributed by atoms with Gasteiger partial charge in [0.25, 0.3) is 20.2 Å². The molecule has 0 radical (unpaired) electrons. The summed E-state index contributed by atoms with van der Waals surface area (Å²) in [6.07, 6.45) is 1.25. The Balaban J connectivity index is 2.31. The molecule has 1 saturated carbocycles. The molecule has 9 heteroatoms. The molecule has 0 spiro atoms. The summed E-state index contributed by atoms with van der Waals surface area (Å²) in [5.74, 6) is -1.14. The Morgan fingerprint density at radius 2 is 1.50 bits per heavy atom. The predicted molar refractivity (Wildman–Crippen MR) is 116 cm³/mol. The largest absolute Gasteiger partial charge is 0.392 e. The number of aryl methyl sites for hydroxylation is 1. The number of hydrogen-bond acceptors (Lipinski definition) is 7. The minimum Gasteiger partial charge on any atom is -0.392 e. The second-order valence-electron chi connectivity index (χ2n) is 8.04. The van der Waals surface area contributed by atoms with Crippen molar-refractivity contribution in [3.8, 4) is 0 Å². The topological polar surface area (TPSA) is 107 Å². The lowest BCUT2D eigenvalue weighted by molar-refractivity contribution is 0.00735. The fourth-order valence-corrected chi connectivity index (χ4v) is 6.18. The van der Waals surface area contributed by atoms with E-state index in [-0.39, 0.29) is 36.6 Å². The average Bonchev–Trinajstić information content (AvgIpc) is 2.66. The molecular weight excluding hydrogens is 428 g/mol. The van der Waals surface area contributed by atoms with Gasteiger partial charge in [-0.15, -0.1) is 0 Å². The summed E-state index contributed by atoms with van der Waals surface area (Å²) in [7, 11) is -7.31. The van der Waals surface area contributed by atoms with Gasteiger partial charge in [-0.25, -0.2) is 0 Å². The van der Waals surface area contributed by atoms with Crippen LogP contribution in [0.5, 0.6) is 0 Å². The van der Waals surface area contributed by atoms with E-state index in [0.717, 1.165) is 11.1 Å². The SMILES string of the molecule is CCCS(=O)(=O)OCC1[C@@H](COS(=O)(=O)CCC)CC[C@H](O)[C@H]1c1ccccc1C. The third-order valence-corrected chi connectivity index (χ3v) is 8.48. The number of aliphatic hydroxyl groups excluding tert-OH is 1. The first-order valence-electron chi connectivity index (χ1n) is 10.6. The van der Waals surface area contributed by atoms with Gasteiger partial charge in [0, 0.05) is 5.92 Å². The molecule has 0 bridgehead atoms. The number of rotatable bonds is 11. The molecule has 30 heavy (non-hydrogen) atoms. The van der Waals surface area contributed by atoms with Crippen LogP contribution in [0.1, 0.15) is 56.6 Å². The lowest BCUT2D eigenvalue weighted by Crippen LogP contribution is -2.41. The summed E-state index contributed by atoms with van der Waals surface area (Å²) in [6.45, 7) is 5.32. The van der Waals surface area contributed by atoms with Gasteiger partial charge >= 0.3 is 0 Å². The second kappa shape index (κ2) is 11.0. The number of benzene rings is 1. The standard InChI is InChI=1S/C21H34O7S2/c1-4-12-29(23,24)27-14-17-10-11-20(22)21(18-9-7-6-8-16(18)3)19(17)15-28-30(25,26)13-5-2/h6-9,17,19-22H,4-5,10-15H2,1-3H3/t17-,19?,20+,21+/m1/s1. The van der Waals surface area contributed by atoms with Crippen LogP contribution in [-0.2, 0) is 28.6 Å². The molecule has 0 heterocycles. The van der Waals surface area contributed by atoms with Crippen molar-refractivity contribution in [1.82, 2.24) is 0 Å². The molecular formula is C21H34O7S2. The molecule has 4 atom stereocenters. The van der Waals surface area contributed by atoms with E-state index in [1.165, 1.54) is 0 Å².